The van der Waals surface area contributed by atoms with E-state index in [1.165, 1.54) is 0 Å². The monoisotopic (exact) mass is 364 g/mol. The van der Waals surface area contributed by atoms with Gasteiger partial charge in [-0.05, 0) is 42.2 Å². The molecular formula is C21H20N2O4. The van der Waals surface area contributed by atoms with Crippen molar-refractivity contribution < 1.29 is 14.3 Å². The van der Waals surface area contributed by atoms with Crippen molar-refractivity contribution in [2.24, 2.45) is 5.92 Å². The van der Waals surface area contributed by atoms with Gasteiger partial charge in [0.15, 0.2) is 11.5 Å². The predicted octanol–water partition coefficient (Wildman–Crippen LogP) is 2.24. The number of piperidine rings is 1. The summed E-state index contributed by atoms with van der Waals surface area (Å²) in [7, 11) is 0. The minimum atomic E-state index is 0.00842. The van der Waals surface area contributed by atoms with Crippen LogP contribution in [0.25, 0.3) is 6.08 Å². The van der Waals surface area contributed by atoms with E-state index >= 15 is 0 Å². The van der Waals surface area contributed by atoms with E-state index in [0.717, 1.165) is 23.4 Å². The highest BCUT2D eigenvalue weighted by Gasteiger charge is 2.35. The zero-order valence-corrected chi connectivity index (χ0v) is 14.8. The molecule has 1 saturated heterocycles. The molecule has 1 fully saturated rings. The lowest BCUT2D eigenvalue weighted by Crippen LogP contribution is -2.48. The third-order valence-corrected chi connectivity index (χ3v) is 5.61. The number of carbonyl (C=O) groups is 1. The van der Waals surface area contributed by atoms with Crippen LogP contribution in [0.15, 0.2) is 47.3 Å². The van der Waals surface area contributed by atoms with Gasteiger partial charge in [-0.15, -0.1) is 0 Å². The highest BCUT2D eigenvalue weighted by atomic mass is 16.7. The van der Waals surface area contributed by atoms with Crippen LogP contribution in [0.5, 0.6) is 11.5 Å². The lowest BCUT2D eigenvalue weighted by Gasteiger charge is -2.42. The number of nitrogens with zero attached hydrogens (tertiary/aromatic N) is 2. The molecule has 6 nitrogen and oxygen atoms in total. The maximum absolute atomic E-state index is 12.7. The largest absolute Gasteiger partial charge is 0.454 e. The molecule has 27 heavy (non-hydrogen) atoms. The Morgan fingerprint density at radius 2 is 1.96 bits per heavy atom. The summed E-state index contributed by atoms with van der Waals surface area (Å²) in [5.41, 5.74) is 2.02. The number of ether oxygens (including phenoxy) is 2. The standard InChI is InChI=1S/C21H20N2O4/c24-20(7-5-14-4-6-18-19(9-14)27-13-26-18)22-10-15-8-16(12-22)17-2-1-3-21(25)23(17)11-15/h1-7,9,15-16H,8,10-13H2/b7-5+/t15-,16-/m0/s1. The van der Waals surface area contributed by atoms with Gasteiger partial charge in [-0.25, -0.2) is 0 Å². The Morgan fingerprint density at radius 1 is 1.07 bits per heavy atom. The quantitative estimate of drug-likeness (QED) is 0.767. The average Bonchev–Trinajstić information content (AvgIpc) is 3.14. The molecule has 1 aromatic carbocycles. The van der Waals surface area contributed by atoms with Crippen LogP contribution in [0.3, 0.4) is 0 Å². The molecule has 0 N–H and O–H groups in total. The Morgan fingerprint density at radius 3 is 2.89 bits per heavy atom. The highest BCUT2D eigenvalue weighted by molar-refractivity contribution is 5.92. The number of pyridine rings is 1. The normalized spacial score (nSPS) is 22.7. The Kier molecular flexibility index (Phi) is 3.77. The Bertz CT molecular complexity index is 994. The molecule has 2 bridgehead atoms. The second kappa shape index (κ2) is 6.30. The number of rotatable bonds is 2. The molecule has 4 heterocycles. The summed E-state index contributed by atoms with van der Waals surface area (Å²) < 4.78 is 12.6. The van der Waals surface area contributed by atoms with Gasteiger partial charge in [0, 0.05) is 43.4 Å². The molecule has 3 aliphatic rings. The maximum atomic E-state index is 12.7. The Balaban J connectivity index is 1.33. The molecule has 3 aliphatic heterocycles. The molecule has 2 aromatic rings. The fraction of sp³-hybridized carbons (Fsp3) is 0.333. The van der Waals surface area contributed by atoms with Crippen LogP contribution in [0, 0.1) is 5.92 Å². The second-order valence-corrected chi connectivity index (χ2v) is 7.39. The van der Waals surface area contributed by atoms with E-state index in [0.29, 0.717) is 31.3 Å². The summed E-state index contributed by atoms with van der Waals surface area (Å²) in [6.45, 7) is 2.29. The van der Waals surface area contributed by atoms with E-state index in [-0.39, 0.29) is 24.2 Å². The first-order valence-corrected chi connectivity index (χ1v) is 9.24. The Hall–Kier alpha value is -3.02. The van der Waals surface area contributed by atoms with Crippen molar-refractivity contribution in [2.75, 3.05) is 19.9 Å². The summed E-state index contributed by atoms with van der Waals surface area (Å²) in [6, 6.07) is 11.1. The third kappa shape index (κ3) is 2.91. The van der Waals surface area contributed by atoms with Crippen molar-refractivity contribution in [3.8, 4) is 11.5 Å². The van der Waals surface area contributed by atoms with Gasteiger partial charge in [0.05, 0.1) is 0 Å². The van der Waals surface area contributed by atoms with Crippen LogP contribution in [0.1, 0.15) is 23.6 Å². The van der Waals surface area contributed by atoms with Crippen LogP contribution in [-0.2, 0) is 11.3 Å². The Labute approximate surface area is 156 Å². The summed E-state index contributed by atoms with van der Waals surface area (Å²) in [6.07, 6.45) is 4.48. The van der Waals surface area contributed by atoms with Crippen molar-refractivity contribution in [3.05, 3.63) is 64.1 Å². The number of amides is 1. The molecule has 0 radical (unpaired) electrons. The van der Waals surface area contributed by atoms with Crippen LogP contribution >= 0.6 is 0 Å². The number of hydrogen-bond donors (Lipinski definition) is 0. The molecule has 2 atom stereocenters. The van der Waals surface area contributed by atoms with Crippen molar-refractivity contribution in [2.45, 2.75) is 18.9 Å². The number of likely N-dealkylation sites (tertiary alicyclic amines) is 1. The molecule has 1 aromatic heterocycles. The first-order valence-electron chi connectivity index (χ1n) is 9.24. The van der Waals surface area contributed by atoms with Crippen LogP contribution in [-0.4, -0.2) is 35.3 Å². The topological polar surface area (TPSA) is 60.8 Å². The van der Waals surface area contributed by atoms with Crippen molar-refractivity contribution in [1.29, 1.82) is 0 Å². The third-order valence-electron chi connectivity index (χ3n) is 5.61. The second-order valence-electron chi connectivity index (χ2n) is 7.39. The van der Waals surface area contributed by atoms with Crippen LogP contribution in [0.2, 0.25) is 0 Å². The fourth-order valence-corrected chi connectivity index (χ4v) is 4.37. The number of benzene rings is 1. The van der Waals surface area contributed by atoms with E-state index in [1.807, 2.05) is 45.9 Å². The van der Waals surface area contributed by atoms with E-state index in [9.17, 15) is 9.59 Å². The maximum Gasteiger partial charge on any atom is 0.250 e. The average molecular weight is 364 g/mol. The van der Waals surface area contributed by atoms with Gasteiger partial charge in [0.2, 0.25) is 12.7 Å². The summed E-state index contributed by atoms with van der Waals surface area (Å²) in [4.78, 5) is 26.7. The van der Waals surface area contributed by atoms with E-state index in [2.05, 4.69) is 0 Å². The molecule has 138 valence electrons. The van der Waals surface area contributed by atoms with Gasteiger partial charge < -0.3 is 18.9 Å². The zero-order chi connectivity index (χ0) is 18.4. The highest BCUT2D eigenvalue weighted by Crippen LogP contribution is 2.35. The lowest BCUT2D eigenvalue weighted by atomic mass is 9.83. The minimum absolute atomic E-state index is 0.00842. The number of hydrogen-bond acceptors (Lipinski definition) is 4. The van der Waals surface area contributed by atoms with E-state index in [1.54, 1.807) is 12.1 Å². The minimum Gasteiger partial charge on any atom is -0.454 e. The smallest absolute Gasteiger partial charge is 0.250 e. The molecule has 0 saturated carbocycles. The number of fused-ring (bicyclic) bond motifs is 5. The van der Waals surface area contributed by atoms with Gasteiger partial charge >= 0.3 is 0 Å². The van der Waals surface area contributed by atoms with Gasteiger partial charge in [0.1, 0.15) is 0 Å². The zero-order valence-electron chi connectivity index (χ0n) is 14.8. The van der Waals surface area contributed by atoms with Crippen LogP contribution in [0.4, 0.5) is 0 Å². The van der Waals surface area contributed by atoms with E-state index in [4.69, 9.17) is 9.47 Å². The number of aromatic nitrogens is 1. The van der Waals surface area contributed by atoms with Crippen LogP contribution < -0.4 is 15.0 Å². The summed E-state index contributed by atoms with van der Waals surface area (Å²) >= 11 is 0. The molecular weight excluding hydrogens is 344 g/mol. The first-order chi connectivity index (χ1) is 13.2. The first kappa shape index (κ1) is 16.2. The number of carbonyl (C=O) groups excluding carboxylic acids is 1. The van der Waals surface area contributed by atoms with Gasteiger partial charge in [-0.2, -0.15) is 0 Å². The molecule has 0 spiro atoms. The molecule has 0 aliphatic carbocycles. The molecule has 1 amide bonds. The molecule has 5 rings (SSSR count). The lowest BCUT2D eigenvalue weighted by molar-refractivity contribution is -0.128. The summed E-state index contributed by atoms with van der Waals surface area (Å²) in [5.74, 6) is 2.01. The van der Waals surface area contributed by atoms with Gasteiger partial charge in [-0.3, -0.25) is 9.59 Å². The van der Waals surface area contributed by atoms with Crippen molar-refractivity contribution in [1.82, 2.24) is 9.47 Å². The van der Waals surface area contributed by atoms with Crippen molar-refractivity contribution >= 4 is 12.0 Å². The molecule has 6 heteroatoms. The van der Waals surface area contributed by atoms with Gasteiger partial charge in [-0.1, -0.05) is 12.1 Å². The van der Waals surface area contributed by atoms with Crippen molar-refractivity contribution in [3.63, 3.8) is 0 Å². The summed E-state index contributed by atoms with van der Waals surface area (Å²) in [5, 5.41) is 0. The predicted molar refractivity (Wildman–Crippen MR) is 99.7 cm³/mol. The fourth-order valence-electron chi connectivity index (χ4n) is 4.37. The molecule has 0 unspecified atom stereocenters. The SMILES string of the molecule is O=C(/C=C/c1ccc2c(c1)OCO2)N1C[C@@H]2C[C@@H](C1)c1cccc(=O)n1C2. The van der Waals surface area contributed by atoms with Gasteiger partial charge in [0.25, 0.3) is 5.56 Å². The van der Waals surface area contributed by atoms with E-state index < -0.39 is 0 Å².